The van der Waals surface area contributed by atoms with Crippen molar-refractivity contribution in [3.05, 3.63) is 12.7 Å². The Morgan fingerprint density at radius 3 is 2.80 bits per heavy atom. The SMILES string of the molecule is C=CCS(=O)(=O)NC(=O)C1CSCN1C(=O)C(C)CS. The molecule has 0 aromatic carbocycles. The largest absolute Gasteiger partial charge is 0.320 e. The predicted octanol–water partition coefficient (Wildman–Crippen LogP) is 0.0858. The van der Waals surface area contributed by atoms with Crippen LogP contribution in [0.2, 0.25) is 0 Å². The summed E-state index contributed by atoms with van der Waals surface area (Å²) in [5.74, 6) is -0.348. The van der Waals surface area contributed by atoms with Crippen molar-refractivity contribution in [3.63, 3.8) is 0 Å². The Morgan fingerprint density at radius 1 is 1.60 bits per heavy atom. The van der Waals surface area contributed by atoms with Gasteiger partial charge in [-0.25, -0.2) is 8.42 Å². The van der Waals surface area contributed by atoms with Crippen molar-refractivity contribution in [2.75, 3.05) is 23.1 Å². The second-order valence-corrected chi connectivity index (χ2v) is 7.58. The Hall–Kier alpha value is -0.670. The molecule has 0 aromatic rings. The van der Waals surface area contributed by atoms with Gasteiger partial charge >= 0.3 is 0 Å². The van der Waals surface area contributed by atoms with Crippen LogP contribution in [-0.4, -0.2) is 54.3 Å². The highest BCUT2D eigenvalue weighted by atomic mass is 32.2. The molecule has 0 radical (unpaired) electrons. The fraction of sp³-hybridized carbons (Fsp3) is 0.636. The van der Waals surface area contributed by atoms with Crippen molar-refractivity contribution < 1.29 is 18.0 Å². The van der Waals surface area contributed by atoms with Crippen molar-refractivity contribution in [2.24, 2.45) is 5.92 Å². The van der Waals surface area contributed by atoms with Crippen LogP contribution in [-0.2, 0) is 19.6 Å². The van der Waals surface area contributed by atoms with Gasteiger partial charge in [0.1, 0.15) is 6.04 Å². The maximum absolute atomic E-state index is 12.1. The number of rotatable bonds is 6. The number of nitrogens with zero attached hydrogens (tertiary/aromatic N) is 1. The van der Waals surface area contributed by atoms with Crippen molar-refractivity contribution in [3.8, 4) is 0 Å². The Labute approximate surface area is 128 Å². The molecule has 2 atom stereocenters. The summed E-state index contributed by atoms with van der Waals surface area (Å²) in [6.07, 6.45) is 1.20. The van der Waals surface area contributed by atoms with Crippen molar-refractivity contribution in [2.45, 2.75) is 13.0 Å². The van der Waals surface area contributed by atoms with Crippen LogP contribution in [0.4, 0.5) is 0 Å². The van der Waals surface area contributed by atoms with Crippen LogP contribution in [0.5, 0.6) is 0 Å². The summed E-state index contributed by atoms with van der Waals surface area (Å²) < 4.78 is 25.1. The first kappa shape index (κ1) is 17.4. The second-order valence-electron chi connectivity index (χ2n) is 4.44. The van der Waals surface area contributed by atoms with E-state index in [9.17, 15) is 18.0 Å². The van der Waals surface area contributed by atoms with Crippen LogP contribution >= 0.6 is 24.4 Å². The summed E-state index contributed by atoms with van der Waals surface area (Å²) in [6.45, 7) is 5.04. The molecule has 0 spiro atoms. The van der Waals surface area contributed by atoms with Crippen LogP contribution in [0.3, 0.4) is 0 Å². The summed E-state index contributed by atoms with van der Waals surface area (Å²) in [7, 11) is -3.72. The molecule has 0 bridgehead atoms. The Kier molecular flexibility index (Phi) is 6.41. The lowest BCUT2D eigenvalue weighted by Gasteiger charge is -2.25. The molecule has 1 heterocycles. The number of hydrogen-bond donors (Lipinski definition) is 2. The fourth-order valence-corrected chi connectivity index (χ4v) is 3.81. The zero-order chi connectivity index (χ0) is 15.3. The molecule has 1 saturated heterocycles. The zero-order valence-electron chi connectivity index (χ0n) is 11.1. The molecule has 1 aliphatic rings. The summed E-state index contributed by atoms with van der Waals surface area (Å²) in [6, 6.07) is -0.755. The predicted molar refractivity (Wildman–Crippen MR) is 83.1 cm³/mol. The van der Waals surface area contributed by atoms with E-state index in [1.165, 1.54) is 22.7 Å². The molecule has 1 N–H and O–H groups in total. The molecular weight excluding hydrogens is 320 g/mol. The van der Waals surface area contributed by atoms with E-state index in [1.807, 2.05) is 4.72 Å². The monoisotopic (exact) mass is 338 g/mol. The van der Waals surface area contributed by atoms with Gasteiger partial charge in [-0.05, 0) is 0 Å². The number of carbonyl (C=O) groups excluding carboxylic acids is 2. The van der Waals surface area contributed by atoms with Gasteiger partial charge < -0.3 is 4.90 Å². The number of sulfonamides is 1. The van der Waals surface area contributed by atoms with E-state index in [4.69, 9.17) is 0 Å². The summed E-state index contributed by atoms with van der Waals surface area (Å²) in [5, 5.41) is 0. The molecule has 1 aliphatic heterocycles. The third kappa shape index (κ3) is 4.42. The molecule has 0 aromatic heterocycles. The smallest absolute Gasteiger partial charge is 0.257 e. The first-order chi connectivity index (χ1) is 9.32. The van der Waals surface area contributed by atoms with Gasteiger partial charge in [0.05, 0.1) is 11.6 Å². The lowest BCUT2D eigenvalue weighted by atomic mass is 10.1. The third-order valence-electron chi connectivity index (χ3n) is 2.76. The lowest BCUT2D eigenvalue weighted by Crippen LogP contribution is -2.50. The first-order valence-electron chi connectivity index (χ1n) is 5.96. The van der Waals surface area contributed by atoms with E-state index in [0.717, 1.165) is 0 Å². The van der Waals surface area contributed by atoms with Crippen LogP contribution in [0.15, 0.2) is 12.7 Å². The third-order valence-corrected chi connectivity index (χ3v) is 5.50. The van der Waals surface area contributed by atoms with Crippen molar-refractivity contribution in [1.82, 2.24) is 9.62 Å². The molecule has 2 amide bonds. The van der Waals surface area contributed by atoms with Gasteiger partial charge in [-0.2, -0.15) is 12.6 Å². The lowest BCUT2D eigenvalue weighted by molar-refractivity contribution is -0.139. The molecule has 1 rings (SSSR count). The number of thiol groups is 1. The molecular formula is C11H18N2O4S3. The zero-order valence-corrected chi connectivity index (χ0v) is 13.6. The molecule has 20 heavy (non-hydrogen) atoms. The number of nitrogens with one attached hydrogen (secondary N) is 1. The Balaban J connectivity index is 2.77. The van der Waals surface area contributed by atoms with Gasteiger partial charge in [0.25, 0.3) is 5.91 Å². The summed E-state index contributed by atoms with van der Waals surface area (Å²) in [5.41, 5.74) is 0. The van der Waals surface area contributed by atoms with Gasteiger partial charge in [0.2, 0.25) is 15.9 Å². The van der Waals surface area contributed by atoms with Gasteiger partial charge in [-0.1, -0.05) is 13.0 Å². The van der Waals surface area contributed by atoms with E-state index in [2.05, 4.69) is 19.2 Å². The van der Waals surface area contributed by atoms with Gasteiger partial charge in [-0.15, -0.1) is 18.3 Å². The highest BCUT2D eigenvalue weighted by molar-refractivity contribution is 7.99. The number of carbonyl (C=O) groups is 2. The first-order valence-corrected chi connectivity index (χ1v) is 9.40. The number of hydrogen-bond acceptors (Lipinski definition) is 6. The second kappa shape index (κ2) is 7.37. The van der Waals surface area contributed by atoms with Gasteiger partial charge in [-0.3, -0.25) is 14.3 Å². The van der Waals surface area contributed by atoms with Gasteiger partial charge in [0.15, 0.2) is 0 Å². The maximum atomic E-state index is 12.1. The topological polar surface area (TPSA) is 83.6 Å². The van der Waals surface area contributed by atoms with Crippen molar-refractivity contribution in [1.29, 1.82) is 0 Å². The van der Waals surface area contributed by atoms with E-state index in [-0.39, 0.29) is 17.6 Å². The minimum Gasteiger partial charge on any atom is -0.320 e. The highest BCUT2D eigenvalue weighted by Crippen LogP contribution is 2.23. The van der Waals surface area contributed by atoms with Crippen LogP contribution < -0.4 is 4.72 Å². The Bertz CT molecular complexity index is 492. The van der Waals surface area contributed by atoms with Gasteiger partial charge in [0, 0.05) is 17.4 Å². The average Bonchev–Trinajstić information content (AvgIpc) is 2.85. The van der Waals surface area contributed by atoms with E-state index >= 15 is 0 Å². The summed E-state index contributed by atoms with van der Waals surface area (Å²) in [4.78, 5) is 25.5. The maximum Gasteiger partial charge on any atom is 0.257 e. The number of amides is 2. The minimum atomic E-state index is -3.72. The fourth-order valence-electron chi connectivity index (χ4n) is 1.66. The normalized spacial score (nSPS) is 20.5. The van der Waals surface area contributed by atoms with Crippen LogP contribution in [0.25, 0.3) is 0 Å². The average molecular weight is 338 g/mol. The number of thioether (sulfide) groups is 1. The molecule has 9 heteroatoms. The molecule has 2 unspecified atom stereocenters. The molecule has 0 aliphatic carbocycles. The van der Waals surface area contributed by atoms with Crippen molar-refractivity contribution >= 4 is 46.2 Å². The van der Waals surface area contributed by atoms with Crippen LogP contribution in [0.1, 0.15) is 6.92 Å². The van der Waals surface area contributed by atoms with E-state index < -0.39 is 22.0 Å². The standard InChI is InChI=1S/C11H18N2O4S3/c1-3-4-20(16,17)12-10(14)9-6-19-7-13(9)11(15)8(2)5-18/h3,8-9,18H,1,4-7H2,2H3,(H,12,14). The quantitative estimate of drug-likeness (QED) is 0.530. The van der Waals surface area contributed by atoms with E-state index in [0.29, 0.717) is 17.4 Å². The minimum absolute atomic E-state index is 0.189. The molecule has 114 valence electrons. The molecule has 1 fully saturated rings. The Morgan fingerprint density at radius 2 is 2.25 bits per heavy atom. The van der Waals surface area contributed by atoms with E-state index in [1.54, 1.807) is 6.92 Å². The highest BCUT2D eigenvalue weighted by Gasteiger charge is 2.37. The molecule has 0 saturated carbocycles. The molecule has 6 nitrogen and oxygen atoms in total. The van der Waals surface area contributed by atoms with Crippen LogP contribution in [0, 0.1) is 5.92 Å². The summed E-state index contributed by atoms with van der Waals surface area (Å²) >= 11 is 5.48.